The van der Waals surface area contributed by atoms with Gasteiger partial charge < -0.3 is 4.90 Å². The first-order valence-electron chi connectivity index (χ1n) is 6.01. The number of imide groups is 1. The number of rotatable bonds is 3. The summed E-state index contributed by atoms with van der Waals surface area (Å²) in [4.78, 5) is 24.9. The first-order valence-corrected chi connectivity index (χ1v) is 6.01. The minimum atomic E-state index is -0.812. The predicted molar refractivity (Wildman–Crippen MR) is 65.7 cm³/mol. The number of hydrogen-bond acceptors (Lipinski definition) is 3. The lowest BCUT2D eigenvalue weighted by Gasteiger charge is -2.27. The van der Waals surface area contributed by atoms with Crippen molar-refractivity contribution in [1.29, 1.82) is 0 Å². The van der Waals surface area contributed by atoms with Gasteiger partial charge >= 0.3 is 6.03 Å². The maximum Gasteiger partial charge on any atom is 0.325 e. The number of nitrogens with zero attached hydrogens (tertiary/aromatic N) is 3. The third-order valence-electron chi connectivity index (χ3n) is 3.41. The van der Waals surface area contributed by atoms with E-state index in [4.69, 9.17) is 0 Å². The number of amides is 3. The van der Waals surface area contributed by atoms with Crippen LogP contribution in [0.3, 0.4) is 0 Å². The highest BCUT2D eigenvalue weighted by molar-refractivity contribution is 6.06. The predicted octanol–water partition coefficient (Wildman–Crippen LogP) is 0.813. The van der Waals surface area contributed by atoms with Crippen LogP contribution in [0.4, 0.5) is 4.79 Å². The number of aryl methyl sites for hydroxylation is 2. The quantitative estimate of drug-likeness (QED) is 0.807. The Morgan fingerprint density at radius 1 is 1.39 bits per heavy atom. The van der Waals surface area contributed by atoms with Gasteiger partial charge in [0.15, 0.2) is 0 Å². The van der Waals surface area contributed by atoms with E-state index in [9.17, 15) is 9.59 Å². The molecule has 1 fully saturated rings. The number of carbonyl (C=O) groups is 2. The van der Waals surface area contributed by atoms with Crippen molar-refractivity contribution in [2.45, 2.75) is 39.3 Å². The molecule has 1 aromatic heterocycles. The lowest BCUT2D eigenvalue weighted by molar-refractivity contribution is -0.125. The zero-order valence-corrected chi connectivity index (χ0v) is 11.1. The zero-order chi connectivity index (χ0) is 13.5. The Labute approximate surface area is 106 Å². The number of nitrogens with one attached hydrogen (secondary N) is 1. The molecule has 2 heterocycles. The highest BCUT2D eigenvalue weighted by Crippen LogP contribution is 2.23. The van der Waals surface area contributed by atoms with Crippen LogP contribution in [0, 0.1) is 0 Å². The molecule has 0 saturated carbocycles. The van der Waals surface area contributed by atoms with Gasteiger partial charge in [-0.2, -0.15) is 5.10 Å². The van der Waals surface area contributed by atoms with Crippen LogP contribution in [0.2, 0.25) is 0 Å². The van der Waals surface area contributed by atoms with E-state index in [0.29, 0.717) is 6.54 Å². The van der Waals surface area contributed by atoms with Crippen LogP contribution in [-0.2, 0) is 24.8 Å². The Hall–Kier alpha value is -1.85. The second-order valence-corrected chi connectivity index (χ2v) is 5.01. The summed E-state index contributed by atoms with van der Waals surface area (Å²) in [7, 11) is 1.84. The number of urea groups is 1. The molecule has 6 nitrogen and oxygen atoms in total. The van der Waals surface area contributed by atoms with E-state index in [1.807, 2.05) is 20.0 Å². The fraction of sp³-hybridized carbons (Fsp3) is 0.583. The molecule has 1 aromatic rings. The van der Waals surface area contributed by atoms with Gasteiger partial charge in [0.05, 0.1) is 17.9 Å². The number of hydrogen-bond donors (Lipinski definition) is 1. The second-order valence-electron chi connectivity index (χ2n) is 5.01. The maximum absolute atomic E-state index is 11.8. The smallest absolute Gasteiger partial charge is 0.304 e. The Balaban J connectivity index is 2.25. The van der Waals surface area contributed by atoms with Crippen molar-refractivity contribution >= 4 is 11.9 Å². The minimum absolute atomic E-state index is 0.259. The fourth-order valence-corrected chi connectivity index (χ4v) is 2.02. The van der Waals surface area contributed by atoms with Gasteiger partial charge in [-0.3, -0.25) is 14.8 Å². The molecule has 0 aliphatic carbocycles. The Morgan fingerprint density at radius 3 is 2.50 bits per heavy atom. The summed E-state index contributed by atoms with van der Waals surface area (Å²) >= 11 is 0. The fourth-order valence-electron chi connectivity index (χ4n) is 2.02. The Kier molecular flexibility index (Phi) is 2.88. The van der Waals surface area contributed by atoms with E-state index < -0.39 is 5.54 Å². The molecule has 0 atom stereocenters. The topological polar surface area (TPSA) is 67.2 Å². The van der Waals surface area contributed by atoms with Gasteiger partial charge in [0.1, 0.15) is 5.54 Å². The van der Waals surface area contributed by atoms with Crippen LogP contribution in [0.25, 0.3) is 0 Å². The summed E-state index contributed by atoms with van der Waals surface area (Å²) in [5.74, 6) is -0.259. The molecular formula is C12H18N4O2. The molecule has 1 saturated heterocycles. The lowest BCUT2D eigenvalue weighted by Crippen LogP contribution is -2.43. The lowest BCUT2D eigenvalue weighted by atomic mass is 10.0. The summed E-state index contributed by atoms with van der Waals surface area (Å²) in [5, 5.41) is 6.67. The van der Waals surface area contributed by atoms with Crippen molar-refractivity contribution in [3.05, 3.63) is 17.5 Å². The Bertz CT molecular complexity index is 504. The van der Waals surface area contributed by atoms with Crippen molar-refractivity contribution in [2.75, 3.05) is 0 Å². The first kappa shape index (κ1) is 12.6. The van der Waals surface area contributed by atoms with E-state index in [1.54, 1.807) is 18.5 Å². The van der Waals surface area contributed by atoms with Crippen LogP contribution in [0.5, 0.6) is 0 Å². The van der Waals surface area contributed by atoms with Crippen molar-refractivity contribution in [3.63, 3.8) is 0 Å². The molecule has 0 spiro atoms. The third kappa shape index (κ3) is 1.87. The molecule has 0 unspecified atom stereocenters. The standard InChI is InChI=1S/C12H18N4O2/c1-5-8-6-9(15(4)14-8)7-16-11(18)13-10(17)12(16,2)3/h6H,5,7H2,1-4H3,(H,13,17,18). The number of aromatic nitrogens is 2. The van der Waals surface area contributed by atoms with E-state index in [1.165, 1.54) is 4.90 Å². The zero-order valence-electron chi connectivity index (χ0n) is 11.1. The van der Waals surface area contributed by atoms with E-state index >= 15 is 0 Å². The molecule has 6 heteroatoms. The highest BCUT2D eigenvalue weighted by atomic mass is 16.2. The van der Waals surface area contributed by atoms with Gasteiger partial charge in [-0.1, -0.05) is 6.92 Å². The SMILES string of the molecule is CCc1cc(CN2C(=O)NC(=O)C2(C)C)n(C)n1. The van der Waals surface area contributed by atoms with E-state index in [-0.39, 0.29) is 11.9 Å². The molecule has 1 aliphatic heterocycles. The minimum Gasteiger partial charge on any atom is -0.304 e. The van der Waals surface area contributed by atoms with E-state index in [2.05, 4.69) is 10.4 Å². The molecule has 0 aromatic carbocycles. The maximum atomic E-state index is 11.8. The van der Waals surface area contributed by atoms with Gasteiger partial charge in [0.25, 0.3) is 5.91 Å². The average molecular weight is 250 g/mol. The molecule has 2 rings (SSSR count). The van der Waals surface area contributed by atoms with E-state index in [0.717, 1.165) is 17.8 Å². The molecular weight excluding hydrogens is 232 g/mol. The van der Waals surface area contributed by atoms with Crippen molar-refractivity contribution in [1.82, 2.24) is 20.0 Å². The first-order chi connectivity index (χ1) is 8.36. The summed E-state index contributed by atoms with van der Waals surface area (Å²) in [6.45, 7) is 5.89. The van der Waals surface area contributed by atoms with Gasteiger partial charge in [0.2, 0.25) is 0 Å². The summed E-state index contributed by atoms with van der Waals surface area (Å²) in [6.07, 6.45) is 0.850. The number of carbonyl (C=O) groups excluding carboxylic acids is 2. The van der Waals surface area contributed by atoms with Crippen LogP contribution in [-0.4, -0.2) is 32.2 Å². The molecule has 18 heavy (non-hydrogen) atoms. The Morgan fingerprint density at radius 2 is 2.06 bits per heavy atom. The van der Waals surface area contributed by atoms with Gasteiger partial charge in [-0.05, 0) is 26.3 Å². The summed E-state index contributed by atoms with van der Waals surface area (Å²) in [6, 6.07) is 1.62. The largest absolute Gasteiger partial charge is 0.325 e. The molecule has 3 amide bonds. The van der Waals surface area contributed by atoms with Crippen LogP contribution < -0.4 is 5.32 Å². The monoisotopic (exact) mass is 250 g/mol. The third-order valence-corrected chi connectivity index (χ3v) is 3.41. The molecule has 0 radical (unpaired) electrons. The average Bonchev–Trinajstić information content (AvgIpc) is 2.73. The second kappa shape index (κ2) is 4.12. The van der Waals surface area contributed by atoms with Crippen molar-refractivity contribution < 1.29 is 9.59 Å². The molecule has 1 aliphatic rings. The normalized spacial score (nSPS) is 18.3. The van der Waals surface area contributed by atoms with Crippen molar-refractivity contribution in [3.8, 4) is 0 Å². The molecule has 0 bridgehead atoms. The van der Waals surface area contributed by atoms with Crippen LogP contribution >= 0.6 is 0 Å². The molecule has 98 valence electrons. The van der Waals surface area contributed by atoms with Crippen LogP contribution in [0.15, 0.2) is 6.07 Å². The van der Waals surface area contributed by atoms with Gasteiger partial charge in [-0.25, -0.2) is 4.79 Å². The molecule has 1 N–H and O–H groups in total. The van der Waals surface area contributed by atoms with Gasteiger partial charge in [-0.15, -0.1) is 0 Å². The van der Waals surface area contributed by atoms with Crippen LogP contribution in [0.1, 0.15) is 32.2 Å². The van der Waals surface area contributed by atoms with Gasteiger partial charge in [0, 0.05) is 7.05 Å². The highest BCUT2D eigenvalue weighted by Gasteiger charge is 2.45. The summed E-state index contributed by atoms with van der Waals surface area (Å²) < 4.78 is 1.75. The van der Waals surface area contributed by atoms with Crippen molar-refractivity contribution in [2.24, 2.45) is 7.05 Å². The summed E-state index contributed by atoms with van der Waals surface area (Å²) in [5.41, 5.74) is 1.09.